The number of ether oxygens (including phenoxy) is 5. The first-order valence-corrected chi connectivity index (χ1v) is 11.7. The molecule has 0 saturated carbocycles. The summed E-state index contributed by atoms with van der Waals surface area (Å²) in [6, 6.07) is 10.9. The Morgan fingerprint density at radius 3 is 2.58 bits per heavy atom. The number of carbonyl (C=O) groups is 1. The molecule has 36 heavy (non-hydrogen) atoms. The van der Waals surface area contributed by atoms with E-state index in [-0.39, 0.29) is 0 Å². The van der Waals surface area contributed by atoms with Crippen LogP contribution < -0.4 is 29.0 Å². The van der Waals surface area contributed by atoms with Crippen molar-refractivity contribution in [3.63, 3.8) is 0 Å². The van der Waals surface area contributed by atoms with Crippen molar-refractivity contribution in [3.05, 3.63) is 48.3 Å². The summed E-state index contributed by atoms with van der Waals surface area (Å²) < 4.78 is 28.0. The van der Waals surface area contributed by atoms with Gasteiger partial charge in [0.2, 0.25) is 0 Å². The fourth-order valence-corrected chi connectivity index (χ4v) is 3.71. The zero-order chi connectivity index (χ0) is 25.5. The smallest absolute Gasteiger partial charge is 0.344 e. The molecule has 1 unspecified atom stereocenters. The summed E-state index contributed by atoms with van der Waals surface area (Å²) >= 11 is 0. The third-order valence-corrected chi connectivity index (χ3v) is 5.50. The number of rotatable bonds is 11. The van der Waals surface area contributed by atoms with Crippen molar-refractivity contribution < 1.29 is 33.6 Å². The van der Waals surface area contributed by atoms with Gasteiger partial charge in [0.15, 0.2) is 29.1 Å². The molecule has 1 aliphatic rings. The maximum Gasteiger partial charge on any atom is 0.344 e. The van der Waals surface area contributed by atoms with Crippen molar-refractivity contribution in [1.82, 2.24) is 9.97 Å². The quantitative estimate of drug-likeness (QED) is 0.406. The highest BCUT2D eigenvalue weighted by Crippen LogP contribution is 2.37. The summed E-state index contributed by atoms with van der Waals surface area (Å²) in [7, 11) is 1.63. The standard InChI is InChI=1S/C26H29N3O7/c1-4-33-22-11-17(5-6-20(22)36-16(2)26(30)31)19-13-25(29-15-28-19)27-8-7-18-12-23-24(14-21(18)32-3)35-10-9-34-23/h5-6,11-16H,4,7-10H2,1-3H3,(H,30,31)(H,27,28,29). The average molecular weight is 496 g/mol. The third kappa shape index (κ3) is 5.88. The molecular formula is C26H29N3O7. The molecule has 2 aromatic carbocycles. The second kappa shape index (κ2) is 11.5. The van der Waals surface area contributed by atoms with Crippen molar-refractivity contribution in [3.8, 4) is 40.0 Å². The number of benzene rings is 2. The van der Waals surface area contributed by atoms with Crippen LogP contribution in [-0.2, 0) is 11.2 Å². The predicted molar refractivity (Wildman–Crippen MR) is 133 cm³/mol. The van der Waals surface area contributed by atoms with Crippen molar-refractivity contribution in [1.29, 1.82) is 0 Å². The maximum atomic E-state index is 11.2. The van der Waals surface area contributed by atoms with Crippen LogP contribution in [-0.4, -0.2) is 60.6 Å². The number of methoxy groups -OCH3 is 1. The number of carboxylic acid groups (broad SMARTS) is 1. The van der Waals surface area contributed by atoms with Gasteiger partial charge >= 0.3 is 5.97 Å². The van der Waals surface area contributed by atoms with E-state index in [1.165, 1.54) is 13.3 Å². The fraction of sp³-hybridized carbons (Fsp3) is 0.346. The van der Waals surface area contributed by atoms with Gasteiger partial charge in [-0.2, -0.15) is 0 Å². The van der Waals surface area contributed by atoms with Crippen LogP contribution in [0.2, 0.25) is 0 Å². The topological polar surface area (TPSA) is 121 Å². The van der Waals surface area contributed by atoms with Crippen LogP contribution >= 0.6 is 0 Å². The largest absolute Gasteiger partial charge is 0.496 e. The number of aromatic nitrogens is 2. The summed E-state index contributed by atoms with van der Waals surface area (Å²) in [6.45, 7) is 5.38. The molecule has 1 aliphatic heterocycles. The SMILES string of the molecule is CCOc1cc(-c2cc(NCCc3cc4c(cc3OC)OCCO4)ncn2)ccc1OC(C)C(=O)O. The second-order valence-electron chi connectivity index (χ2n) is 7.97. The van der Waals surface area contributed by atoms with E-state index in [9.17, 15) is 4.79 Å². The fourth-order valence-electron chi connectivity index (χ4n) is 3.71. The Morgan fingerprint density at radius 2 is 1.86 bits per heavy atom. The normalized spacial score (nSPS) is 13.0. The van der Waals surface area contributed by atoms with Gasteiger partial charge in [0.25, 0.3) is 0 Å². The number of anilines is 1. The van der Waals surface area contributed by atoms with Crippen LogP contribution in [0.4, 0.5) is 5.82 Å². The lowest BCUT2D eigenvalue weighted by Gasteiger charge is -2.20. The van der Waals surface area contributed by atoms with Crippen LogP contribution in [0.5, 0.6) is 28.7 Å². The Balaban J connectivity index is 1.46. The molecule has 0 fully saturated rings. The van der Waals surface area contributed by atoms with Gasteiger partial charge in [-0.15, -0.1) is 0 Å². The summed E-state index contributed by atoms with van der Waals surface area (Å²) in [4.78, 5) is 19.9. The molecule has 190 valence electrons. The molecule has 0 amide bonds. The van der Waals surface area contributed by atoms with Crippen LogP contribution in [0.25, 0.3) is 11.3 Å². The van der Waals surface area contributed by atoms with E-state index in [0.29, 0.717) is 61.5 Å². The Hall–Kier alpha value is -4.21. The summed E-state index contributed by atoms with van der Waals surface area (Å²) in [6.07, 6.45) is 1.17. The molecule has 0 spiro atoms. The van der Waals surface area contributed by atoms with E-state index in [2.05, 4.69) is 15.3 Å². The Morgan fingerprint density at radius 1 is 1.08 bits per heavy atom. The van der Waals surface area contributed by atoms with Gasteiger partial charge in [0, 0.05) is 24.2 Å². The first-order chi connectivity index (χ1) is 17.5. The lowest BCUT2D eigenvalue weighted by Crippen LogP contribution is -2.23. The molecule has 10 heteroatoms. The number of hydrogen-bond acceptors (Lipinski definition) is 9. The van der Waals surface area contributed by atoms with Crippen LogP contribution in [0.3, 0.4) is 0 Å². The van der Waals surface area contributed by atoms with Crippen molar-refractivity contribution in [2.24, 2.45) is 0 Å². The van der Waals surface area contributed by atoms with Gasteiger partial charge in [0.1, 0.15) is 31.1 Å². The molecule has 0 aliphatic carbocycles. The zero-order valence-corrected chi connectivity index (χ0v) is 20.4. The summed E-state index contributed by atoms with van der Waals surface area (Å²) in [5.74, 6) is 2.56. The molecule has 2 heterocycles. The molecular weight excluding hydrogens is 466 g/mol. The molecule has 0 saturated heterocycles. The molecule has 4 rings (SSSR count). The van der Waals surface area contributed by atoms with Crippen molar-refractivity contribution in [2.75, 3.05) is 38.8 Å². The molecule has 1 aromatic heterocycles. The highest BCUT2D eigenvalue weighted by Gasteiger charge is 2.18. The van der Waals surface area contributed by atoms with E-state index >= 15 is 0 Å². The van der Waals surface area contributed by atoms with Gasteiger partial charge in [-0.05, 0) is 50.1 Å². The van der Waals surface area contributed by atoms with Gasteiger partial charge in [0.05, 0.1) is 19.4 Å². The molecule has 0 radical (unpaired) electrons. The van der Waals surface area contributed by atoms with Crippen molar-refractivity contribution in [2.45, 2.75) is 26.4 Å². The lowest BCUT2D eigenvalue weighted by molar-refractivity contribution is -0.144. The first kappa shape index (κ1) is 24.9. The van der Waals surface area contributed by atoms with Crippen LogP contribution in [0.15, 0.2) is 42.7 Å². The van der Waals surface area contributed by atoms with Gasteiger partial charge in [-0.1, -0.05) is 0 Å². The molecule has 1 atom stereocenters. The summed E-state index contributed by atoms with van der Waals surface area (Å²) in [5, 5.41) is 12.5. The number of carboxylic acids is 1. The number of fused-ring (bicyclic) bond motifs is 1. The van der Waals surface area contributed by atoms with Crippen molar-refractivity contribution >= 4 is 11.8 Å². The van der Waals surface area contributed by atoms with Gasteiger partial charge in [-0.3, -0.25) is 0 Å². The van der Waals surface area contributed by atoms with E-state index in [1.54, 1.807) is 25.3 Å². The number of aliphatic carboxylic acids is 1. The Bertz CT molecular complexity index is 1220. The molecule has 3 aromatic rings. The van der Waals surface area contributed by atoms with E-state index in [4.69, 9.17) is 28.8 Å². The first-order valence-electron chi connectivity index (χ1n) is 11.7. The molecule has 0 bridgehead atoms. The van der Waals surface area contributed by atoms with Crippen LogP contribution in [0.1, 0.15) is 19.4 Å². The van der Waals surface area contributed by atoms with E-state index in [0.717, 1.165) is 22.6 Å². The van der Waals surface area contributed by atoms with E-state index in [1.807, 2.05) is 25.1 Å². The minimum atomic E-state index is -1.05. The number of hydrogen-bond donors (Lipinski definition) is 2. The third-order valence-electron chi connectivity index (χ3n) is 5.50. The Kier molecular flexibility index (Phi) is 7.94. The molecule has 10 nitrogen and oxygen atoms in total. The lowest BCUT2D eigenvalue weighted by atomic mass is 10.1. The second-order valence-corrected chi connectivity index (χ2v) is 7.97. The van der Waals surface area contributed by atoms with E-state index < -0.39 is 12.1 Å². The minimum absolute atomic E-state index is 0.358. The number of nitrogens with zero attached hydrogens (tertiary/aromatic N) is 2. The van der Waals surface area contributed by atoms with Crippen LogP contribution in [0, 0.1) is 0 Å². The minimum Gasteiger partial charge on any atom is -0.496 e. The highest BCUT2D eigenvalue weighted by atomic mass is 16.6. The highest BCUT2D eigenvalue weighted by molar-refractivity contribution is 5.73. The average Bonchev–Trinajstić information content (AvgIpc) is 2.89. The maximum absolute atomic E-state index is 11.2. The van der Waals surface area contributed by atoms with Gasteiger partial charge < -0.3 is 34.1 Å². The number of nitrogens with one attached hydrogen (secondary N) is 1. The zero-order valence-electron chi connectivity index (χ0n) is 20.4. The predicted octanol–water partition coefficient (Wildman–Crippen LogP) is 3.83. The van der Waals surface area contributed by atoms with Gasteiger partial charge in [-0.25, -0.2) is 14.8 Å². The monoisotopic (exact) mass is 495 g/mol. The molecule has 2 N–H and O–H groups in total. The summed E-state index contributed by atoms with van der Waals surface area (Å²) in [5.41, 5.74) is 2.46. The Labute approximate surface area is 209 Å².